The molecule has 0 aromatic heterocycles. The molecule has 0 saturated carbocycles. The highest BCUT2D eigenvalue weighted by atomic mass is 16.2. The zero-order chi connectivity index (χ0) is 17.4. The first-order valence-corrected chi connectivity index (χ1v) is 9.42. The Labute approximate surface area is 146 Å². The van der Waals surface area contributed by atoms with Crippen molar-refractivity contribution >= 4 is 11.7 Å². The smallest absolute Gasteiger partial charge is 0.222 e. The highest BCUT2D eigenvalue weighted by Crippen LogP contribution is 2.22. The molecular formula is C19H33N3O2. The molecule has 1 amide bonds. The Morgan fingerprint density at radius 1 is 1.04 bits per heavy atom. The zero-order valence-electron chi connectivity index (χ0n) is 15.2. The number of rotatable bonds is 8. The van der Waals surface area contributed by atoms with Gasteiger partial charge < -0.3 is 14.7 Å². The van der Waals surface area contributed by atoms with E-state index in [-0.39, 0.29) is 11.7 Å². The largest absolute Gasteiger partial charge is 0.343 e. The Morgan fingerprint density at radius 2 is 1.71 bits per heavy atom. The van der Waals surface area contributed by atoms with Crippen LogP contribution in [0.4, 0.5) is 0 Å². The van der Waals surface area contributed by atoms with Crippen LogP contribution >= 0.6 is 0 Å². The lowest BCUT2D eigenvalue weighted by atomic mass is 9.93. The average molecular weight is 335 g/mol. The molecule has 0 N–H and O–H groups in total. The van der Waals surface area contributed by atoms with Crippen molar-refractivity contribution in [1.29, 1.82) is 0 Å². The second-order valence-corrected chi connectivity index (χ2v) is 7.28. The number of likely N-dealkylation sites (tertiary alicyclic amines) is 1. The molecule has 2 rings (SSSR count). The molecule has 0 unspecified atom stereocenters. The maximum Gasteiger partial charge on any atom is 0.222 e. The van der Waals surface area contributed by atoms with Crippen LogP contribution in [0.25, 0.3) is 0 Å². The van der Waals surface area contributed by atoms with Crippen molar-refractivity contribution < 1.29 is 9.59 Å². The third kappa shape index (κ3) is 6.36. The number of hydrogen-bond donors (Lipinski definition) is 0. The number of ketones is 1. The minimum absolute atomic E-state index is 0.0328. The van der Waals surface area contributed by atoms with Crippen LogP contribution < -0.4 is 0 Å². The van der Waals surface area contributed by atoms with E-state index in [1.165, 1.54) is 45.2 Å². The van der Waals surface area contributed by atoms with Crippen LogP contribution in [0.2, 0.25) is 0 Å². The number of carbonyl (C=O) groups excluding carboxylic acids is 2. The number of amides is 1. The van der Waals surface area contributed by atoms with E-state index in [0.717, 1.165) is 31.8 Å². The number of hydrogen-bond acceptors (Lipinski definition) is 4. The lowest BCUT2D eigenvalue weighted by Gasteiger charge is -2.35. The maximum absolute atomic E-state index is 12.2. The Morgan fingerprint density at radius 3 is 2.33 bits per heavy atom. The SMILES string of the molecule is C=CC(=O)CCCC(=O)N1CCC(CCN2CCN(C)CC2)CC1. The van der Waals surface area contributed by atoms with Gasteiger partial charge in [0.25, 0.3) is 0 Å². The molecule has 0 aromatic rings. The summed E-state index contributed by atoms with van der Waals surface area (Å²) < 4.78 is 0. The number of allylic oxidation sites excluding steroid dienone is 1. The summed E-state index contributed by atoms with van der Waals surface area (Å²) in [6, 6.07) is 0. The summed E-state index contributed by atoms with van der Waals surface area (Å²) >= 11 is 0. The Hall–Kier alpha value is -1.20. The molecule has 0 radical (unpaired) electrons. The maximum atomic E-state index is 12.2. The molecule has 2 aliphatic heterocycles. The van der Waals surface area contributed by atoms with E-state index in [4.69, 9.17) is 0 Å². The van der Waals surface area contributed by atoms with Gasteiger partial charge in [0, 0.05) is 52.1 Å². The Balaban J connectivity index is 1.58. The molecule has 2 aliphatic rings. The van der Waals surface area contributed by atoms with Crippen molar-refractivity contribution in [3.05, 3.63) is 12.7 Å². The average Bonchev–Trinajstić information content (AvgIpc) is 2.61. The highest BCUT2D eigenvalue weighted by molar-refractivity contribution is 5.89. The third-order valence-corrected chi connectivity index (χ3v) is 5.46. The van der Waals surface area contributed by atoms with Crippen LogP contribution in [0.5, 0.6) is 0 Å². The van der Waals surface area contributed by atoms with E-state index in [2.05, 4.69) is 23.4 Å². The molecule has 24 heavy (non-hydrogen) atoms. The fraction of sp³-hybridized carbons (Fsp3) is 0.789. The molecule has 2 heterocycles. The van der Waals surface area contributed by atoms with Crippen molar-refractivity contribution in [2.45, 2.75) is 38.5 Å². The number of likely N-dealkylation sites (N-methyl/N-ethyl adjacent to an activating group) is 1. The summed E-state index contributed by atoms with van der Waals surface area (Å²) in [5, 5.41) is 0. The van der Waals surface area contributed by atoms with Gasteiger partial charge in [-0.25, -0.2) is 0 Å². The molecule has 0 bridgehead atoms. The fourth-order valence-corrected chi connectivity index (χ4v) is 3.58. The minimum atomic E-state index is 0.0328. The molecule has 0 spiro atoms. The van der Waals surface area contributed by atoms with E-state index in [0.29, 0.717) is 19.3 Å². The van der Waals surface area contributed by atoms with Crippen molar-refractivity contribution in [2.75, 3.05) is 52.9 Å². The summed E-state index contributed by atoms with van der Waals surface area (Å²) in [4.78, 5) is 30.3. The van der Waals surface area contributed by atoms with Crippen LogP contribution in [0, 0.1) is 5.92 Å². The zero-order valence-corrected chi connectivity index (χ0v) is 15.2. The van der Waals surface area contributed by atoms with Crippen LogP contribution in [-0.2, 0) is 9.59 Å². The fourth-order valence-electron chi connectivity index (χ4n) is 3.58. The van der Waals surface area contributed by atoms with Gasteiger partial charge in [-0.15, -0.1) is 0 Å². The van der Waals surface area contributed by atoms with Crippen LogP contribution in [0.1, 0.15) is 38.5 Å². The number of piperidine rings is 1. The van der Waals surface area contributed by atoms with Gasteiger partial charge in [0.15, 0.2) is 5.78 Å². The first-order chi connectivity index (χ1) is 11.6. The molecule has 0 aromatic carbocycles. The molecule has 5 nitrogen and oxygen atoms in total. The normalized spacial score (nSPS) is 21.0. The van der Waals surface area contributed by atoms with E-state index in [1.807, 2.05) is 4.90 Å². The van der Waals surface area contributed by atoms with Crippen LogP contribution in [0.3, 0.4) is 0 Å². The van der Waals surface area contributed by atoms with Gasteiger partial charge in [-0.1, -0.05) is 6.58 Å². The van der Waals surface area contributed by atoms with E-state index >= 15 is 0 Å². The quantitative estimate of drug-likeness (QED) is 0.634. The van der Waals surface area contributed by atoms with Gasteiger partial charge in [-0.3, -0.25) is 9.59 Å². The lowest BCUT2D eigenvalue weighted by Crippen LogP contribution is -2.45. The van der Waals surface area contributed by atoms with Crippen molar-refractivity contribution in [3.63, 3.8) is 0 Å². The van der Waals surface area contributed by atoms with Gasteiger partial charge in [0.2, 0.25) is 5.91 Å². The number of carbonyl (C=O) groups is 2. The molecule has 0 atom stereocenters. The predicted molar refractivity (Wildman–Crippen MR) is 96.9 cm³/mol. The third-order valence-electron chi connectivity index (χ3n) is 5.46. The second kappa shape index (κ2) is 9.94. The predicted octanol–water partition coefficient (Wildman–Crippen LogP) is 1.79. The Bertz CT molecular complexity index is 422. The number of piperazine rings is 1. The molecular weight excluding hydrogens is 302 g/mol. The summed E-state index contributed by atoms with van der Waals surface area (Å²) in [6.45, 7) is 11.2. The summed E-state index contributed by atoms with van der Waals surface area (Å²) in [6.07, 6.45) is 6.45. The van der Waals surface area contributed by atoms with E-state index < -0.39 is 0 Å². The topological polar surface area (TPSA) is 43.9 Å². The molecule has 136 valence electrons. The summed E-state index contributed by atoms with van der Waals surface area (Å²) in [5.41, 5.74) is 0. The lowest BCUT2D eigenvalue weighted by molar-refractivity contribution is -0.132. The summed E-state index contributed by atoms with van der Waals surface area (Å²) in [5.74, 6) is 1.01. The summed E-state index contributed by atoms with van der Waals surface area (Å²) in [7, 11) is 2.19. The van der Waals surface area contributed by atoms with Crippen molar-refractivity contribution in [1.82, 2.24) is 14.7 Å². The van der Waals surface area contributed by atoms with Gasteiger partial charge >= 0.3 is 0 Å². The number of nitrogens with zero attached hydrogens (tertiary/aromatic N) is 3. The highest BCUT2D eigenvalue weighted by Gasteiger charge is 2.23. The van der Waals surface area contributed by atoms with Gasteiger partial charge in [0.05, 0.1) is 0 Å². The van der Waals surface area contributed by atoms with E-state index in [1.54, 1.807) is 0 Å². The molecule has 0 aliphatic carbocycles. The first kappa shape index (κ1) is 19.1. The first-order valence-electron chi connectivity index (χ1n) is 9.42. The van der Waals surface area contributed by atoms with Crippen molar-refractivity contribution in [3.8, 4) is 0 Å². The van der Waals surface area contributed by atoms with Crippen molar-refractivity contribution in [2.24, 2.45) is 5.92 Å². The molecule has 5 heteroatoms. The second-order valence-electron chi connectivity index (χ2n) is 7.28. The van der Waals surface area contributed by atoms with Crippen LogP contribution in [0.15, 0.2) is 12.7 Å². The molecule has 2 saturated heterocycles. The standard InChI is InChI=1S/C19H33N3O2/c1-3-18(23)5-4-6-19(24)22-11-8-17(9-12-22)7-10-21-15-13-20(2)14-16-21/h3,17H,1,4-16H2,2H3. The monoisotopic (exact) mass is 335 g/mol. The van der Waals surface area contributed by atoms with Gasteiger partial charge in [0.1, 0.15) is 0 Å². The Kier molecular flexibility index (Phi) is 7.92. The van der Waals surface area contributed by atoms with Gasteiger partial charge in [-0.05, 0) is 51.3 Å². The minimum Gasteiger partial charge on any atom is -0.343 e. The van der Waals surface area contributed by atoms with E-state index in [9.17, 15) is 9.59 Å². The molecule has 2 fully saturated rings. The van der Waals surface area contributed by atoms with Crippen LogP contribution in [-0.4, -0.2) is 79.3 Å². The van der Waals surface area contributed by atoms with Gasteiger partial charge in [-0.2, -0.15) is 0 Å².